The van der Waals surface area contributed by atoms with Gasteiger partial charge in [0.15, 0.2) is 0 Å². The molecule has 0 bridgehead atoms. The monoisotopic (exact) mass is 276 g/mol. The fourth-order valence-electron chi connectivity index (χ4n) is 1.68. The molecule has 0 saturated heterocycles. The van der Waals surface area contributed by atoms with E-state index in [-0.39, 0.29) is 5.75 Å². The topological polar surface area (TPSA) is 54.4 Å². The highest BCUT2D eigenvalue weighted by Crippen LogP contribution is 2.26. The molecular formula is C12H17ClO3S. The smallest absolute Gasteiger partial charge is 0.147 e. The predicted octanol–water partition coefficient (Wildman–Crippen LogP) is 2.51. The van der Waals surface area contributed by atoms with E-state index in [0.29, 0.717) is 17.9 Å². The molecule has 1 atom stereocenters. The maximum absolute atomic E-state index is 11.0. The summed E-state index contributed by atoms with van der Waals surface area (Å²) in [5.41, 5.74) is 1.62. The predicted molar refractivity (Wildman–Crippen MR) is 70.1 cm³/mol. The summed E-state index contributed by atoms with van der Waals surface area (Å²) >= 11 is 5.96. The summed E-state index contributed by atoms with van der Waals surface area (Å²) in [5, 5.41) is 10.6. The number of benzene rings is 1. The quantitative estimate of drug-likeness (QED) is 0.899. The van der Waals surface area contributed by atoms with Crippen LogP contribution in [0.3, 0.4) is 0 Å². The van der Waals surface area contributed by atoms with E-state index in [1.165, 1.54) is 6.26 Å². The molecule has 5 heteroatoms. The van der Waals surface area contributed by atoms with Gasteiger partial charge in [-0.25, -0.2) is 8.42 Å². The summed E-state index contributed by atoms with van der Waals surface area (Å²) in [6, 6.07) is 5.36. The van der Waals surface area contributed by atoms with Crippen molar-refractivity contribution in [2.75, 3.05) is 12.0 Å². The molecule has 1 rings (SSSR count). The van der Waals surface area contributed by atoms with Gasteiger partial charge in [0.05, 0.1) is 6.10 Å². The van der Waals surface area contributed by atoms with Crippen LogP contribution in [0.25, 0.3) is 0 Å². The Hall–Kier alpha value is -0.580. The molecule has 0 radical (unpaired) electrons. The lowest BCUT2D eigenvalue weighted by atomic mass is 10.0. The van der Waals surface area contributed by atoms with Crippen LogP contribution < -0.4 is 0 Å². The van der Waals surface area contributed by atoms with Gasteiger partial charge in [-0.15, -0.1) is 0 Å². The van der Waals surface area contributed by atoms with Gasteiger partial charge in [0, 0.05) is 17.0 Å². The van der Waals surface area contributed by atoms with E-state index in [1.807, 2.05) is 13.0 Å². The molecule has 17 heavy (non-hydrogen) atoms. The first-order valence-corrected chi connectivity index (χ1v) is 7.86. The third kappa shape index (κ3) is 4.66. The van der Waals surface area contributed by atoms with Crippen LogP contribution in [-0.2, 0) is 9.84 Å². The second-order valence-electron chi connectivity index (χ2n) is 4.24. The SMILES string of the molecule is Cc1c(Cl)cccc1C(O)CCCS(C)(=O)=O. The van der Waals surface area contributed by atoms with Crippen LogP contribution in [0.2, 0.25) is 5.02 Å². The summed E-state index contributed by atoms with van der Waals surface area (Å²) in [6.45, 7) is 1.84. The van der Waals surface area contributed by atoms with E-state index in [1.54, 1.807) is 12.1 Å². The average Bonchev–Trinajstić information content (AvgIpc) is 2.20. The minimum Gasteiger partial charge on any atom is -0.388 e. The Bertz CT molecular complexity index is 483. The van der Waals surface area contributed by atoms with Gasteiger partial charge in [0.2, 0.25) is 0 Å². The van der Waals surface area contributed by atoms with Gasteiger partial charge in [-0.3, -0.25) is 0 Å². The molecule has 0 aliphatic carbocycles. The highest BCUT2D eigenvalue weighted by Gasteiger charge is 2.13. The molecule has 0 saturated carbocycles. The summed E-state index contributed by atoms with van der Waals surface area (Å²) < 4.78 is 21.9. The second kappa shape index (κ2) is 5.85. The number of rotatable bonds is 5. The summed E-state index contributed by atoms with van der Waals surface area (Å²) in [5.74, 6) is 0.101. The Morgan fingerprint density at radius 1 is 1.41 bits per heavy atom. The molecular weight excluding hydrogens is 260 g/mol. The number of hydrogen-bond acceptors (Lipinski definition) is 3. The van der Waals surface area contributed by atoms with E-state index in [0.717, 1.165) is 11.1 Å². The van der Waals surface area contributed by atoms with Crippen molar-refractivity contribution in [2.24, 2.45) is 0 Å². The zero-order chi connectivity index (χ0) is 13.1. The lowest BCUT2D eigenvalue weighted by molar-refractivity contribution is 0.166. The summed E-state index contributed by atoms with van der Waals surface area (Å²) in [7, 11) is -2.96. The maximum atomic E-state index is 11.0. The number of sulfone groups is 1. The normalized spacial score (nSPS) is 13.6. The Morgan fingerprint density at radius 3 is 2.65 bits per heavy atom. The minimum atomic E-state index is -2.96. The van der Waals surface area contributed by atoms with Gasteiger partial charge in [-0.05, 0) is 37.0 Å². The van der Waals surface area contributed by atoms with Crippen LogP contribution in [0, 0.1) is 6.92 Å². The Kier molecular flexibility index (Phi) is 4.98. The van der Waals surface area contributed by atoms with Gasteiger partial charge < -0.3 is 5.11 Å². The Balaban J connectivity index is 2.64. The van der Waals surface area contributed by atoms with E-state index in [2.05, 4.69) is 0 Å². The molecule has 0 aromatic heterocycles. The van der Waals surface area contributed by atoms with Gasteiger partial charge >= 0.3 is 0 Å². The molecule has 1 aromatic rings. The van der Waals surface area contributed by atoms with Crippen LogP contribution in [0.1, 0.15) is 30.1 Å². The van der Waals surface area contributed by atoms with Crippen LogP contribution >= 0.6 is 11.6 Å². The lowest BCUT2D eigenvalue weighted by Crippen LogP contribution is -2.06. The van der Waals surface area contributed by atoms with Crippen molar-refractivity contribution in [3.05, 3.63) is 34.3 Å². The number of aliphatic hydroxyl groups is 1. The van der Waals surface area contributed by atoms with Crippen LogP contribution in [0.4, 0.5) is 0 Å². The first kappa shape index (κ1) is 14.5. The van der Waals surface area contributed by atoms with Gasteiger partial charge in [-0.2, -0.15) is 0 Å². The highest BCUT2D eigenvalue weighted by molar-refractivity contribution is 7.90. The molecule has 0 spiro atoms. The van der Waals surface area contributed by atoms with Gasteiger partial charge in [0.1, 0.15) is 9.84 Å². The fourth-order valence-corrected chi connectivity index (χ4v) is 2.55. The second-order valence-corrected chi connectivity index (χ2v) is 6.91. The number of hydrogen-bond donors (Lipinski definition) is 1. The van der Waals surface area contributed by atoms with E-state index in [9.17, 15) is 13.5 Å². The molecule has 0 aliphatic heterocycles. The van der Waals surface area contributed by atoms with Crippen molar-refractivity contribution < 1.29 is 13.5 Å². The first-order valence-electron chi connectivity index (χ1n) is 5.42. The van der Waals surface area contributed by atoms with Gasteiger partial charge in [0.25, 0.3) is 0 Å². The van der Waals surface area contributed by atoms with E-state index >= 15 is 0 Å². The molecule has 1 aromatic carbocycles. The minimum absolute atomic E-state index is 0.101. The maximum Gasteiger partial charge on any atom is 0.147 e. The van der Waals surface area contributed by atoms with E-state index in [4.69, 9.17) is 11.6 Å². The zero-order valence-electron chi connectivity index (χ0n) is 9.98. The largest absolute Gasteiger partial charge is 0.388 e. The van der Waals surface area contributed by atoms with Crippen LogP contribution in [0.15, 0.2) is 18.2 Å². The van der Waals surface area contributed by atoms with E-state index < -0.39 is 15.9 Å². The standard InChI is InChI=1S/C12H17ClO3S/c1-9-10(5-3-6-11(9)13)12(14)7-4-8-17(2,15)16/h3,5-6,12,14H,4,7-8H2,1-2H3. The first-order chi connectivity index (χ1) is 7.81. The lowest BCUT2D eigenvalue weighted by Gasteiger charge is -2.14. The zero-order valence-corrected chi connectivity index (χ0v) is 11.6. The van der Waals surface area contributed by atoms with Crippen molar-refractivity contribution >= 4 is 21.4 Å². The fraction of sp³-hybridized carbons (Fsp3) is 0.500. The average molecular weight is 277 g/mol. The van der Waals surface area contributed by atoms with Crippen molar-refractivity contribution in [1.29, 1.82) is 0 Å². The molecule has 1 N–H and O–H groups in total. The molecule has 0 fully saturated rings. The molecule has 3 nitrogen and oxygen atoms in total. The number of halogens is 1. The summed E-state index contributed by atoms with van der Waals surface area (Å²) in [6.07, 6.45) is 1.42. The van der Waals surface area contributed by atoms with Crippen molar-refractivity contribution in [2.45, 2.75) is 25.9 Å². The summed E-state index contributed by atoms with van der Waals surface area (Å²) in [4.78, 5) is 0. The Morgan fingerprint density at radius 2 is 2.06 bits per heavy atom. The van der Waals surface area contributed by atoms with Crippen molar-refractivity contribution in [1.82, 2.24) is 0 Å². The Labute approximate surface area is 107 Å². The van der Waals surface area contributed by atoms with Crippen molar-refractivity contribution in [3.63, 3.8) is 0 Å². The molecule has 1 unspecified atom stereocenters. The molecule has 0 amide bonds. The molecule has 0 aliphatic rings. The van der Waals surface area contributed by atoms with Crippen LogP contribution in [-0.4, -0.2) is 25.5 Å². The molecule has 0 heterocycles. The third-order valence-electron chi connectivity index (χ3n) is 2.66. The van der Waals surface area contributed by atoms with Gasteiger partial charge in [-0.1, -0.05) is 23.7 Å². The van der Waals surface area contributed by atoms with Crippen LogP contribution in [0.5, 0.6) is 0 Å². The van der Waals surface area contributed by atoms with Crippen molar-refractivity contribution in [3.8, 4) is 0 Å². The highest BCUT2D eigenvalue weighted by atomic mass is 35.5. The number of aliphatic hydroxyl groups excluding tert-OH is 1. The molecule has 96 valence electrons. The third-order valence-corrected chi connectivity index (χ3v) is 4.10.